The predicted molar refractivity (Wildman–Crippen MR) is 87.6 cm³/mol. The molecule has 4 rings (SSSR count). The lowest BCUT2D eigenvalue weighted by molar-refractivity contribution is -0.303. The molecule has 0 spiro atoms. The number of aliphatic hydroxyl groups is 1. The molecule has 9 heteroatoms. The summed E-state index contributed by atoms with van der Waals surface area (Å²) < 4.78 is 41.0. The molecular weight excluding hydrogens is 347 g/mol. The lowest BCUT2D eigenvalue weighted by atomic mass is 9.55. The molecule has 1 saturated carbocycles. The van der Waals surface area contributed by atoms with Gasteiger partial charge in [-0.15, -0.1) is 0 Å². The zero-order valence-electron chi connectivity index (χ0n) is 13.6. The van der Waals surface area contributed by atoms with Crippen molar-refractivity contribution >= 4 is 11.5 Å². The van der Waals surface area contributed by atoms with Crippen LogP contribution in [0.4, 0.5) is 19.0 Å². The molecule has 0 radical (unpaired) electrons. The minimum Gasteiger partial charge on any atom is -0.380 e. The van der Waals surface area contributed by atoms with Gasteiger partial charge in [-0.05, 0) is 18.4 Å². The third-order valence-electron chi connectivity index (χ3n) is 4.97. The first kappa shape index (κ1) is 16.8. The summed E-state index contributed by atoms with van der Waals surface area (Å²) in [7, 11) is 0. The van der Waals surface area contributed by atoms with E-state index in [9.17, 15) is 18.3 Å². The van der Waals surface area contributed by atoms with E-state index in [4.69, 9.17) is 0 Å². The maximum atomic E-state index is 13.2. The van der Waals surface area contributed by atoms with Crippen molar-refractivity contribution in [2.24, 2.45) is 0 Å². The Morgan fingerprint density at radius 1 is 1.15 bits per heavy atom. The minimum absolute atomic E-state index is 0.204. The van der Waals surface area contributed by atoms with E-state index in [0.717, 1.165) is 5.56 Å². The van der Waals surface area contributed by atoms with Crippen LogP contribution in [-0.4, -0.2) is 43.0 Å². The highest BCUT2D eigenvalue weighted by Crippen LogP contribution is 2.56. The first-order valence-corrected chi connectivity index (χ1v) is 8.05. The average Bonchev–Trinajstić information content (AvgIpc) is 3.06. The number of benzene rings is 1. The van der Waals surface area contributed by atoms with Crippen molar-refractivity contribution in [2.45, 2.75) is 30.0 Å². The summed E-state index contributed by atoms with van der Waals surface area (Å²) in [6, 6.07) is 8.93. The molecule has 0 unspecified atom stereocenters. The van der Waals surface area contributed by atoms with E-state index in [-0.39, 0.29) is 6.54 Å². The van der Waals surface area contributed by atoms with Gasteiger partial charge in [0.15, 0.2) is 11.2 Å². The van der Waals surface area contributed by atoms with Crippen molar-refractivity contribution in [1.29, 1.82) is 0 Å². The molecular formula is C17H16F3N5O. The fraction of sp³-hybridized carbons (Fsp3) is 0.353. The monoisotopic (exact) mass is 363 g/mol. The number of alkyl halides is 3. The maximum Gasteiger partial charge on any atom is 0.417 e. The summed E-state index contributed by atoms with van der Waals surface area (Å²) in [5.41, 5.74) is -2.22. The zero-order valence-corrected chi connectivity index (χ0v) is 13.6. The van der Waals surface area contributed by atoms with Crippen LogP contribution in [0.3, 0.4) is 0 Å². The molecule has 0 saturated heterocycles. The number of nitrogens with one attached hydrogen (secondary N) is 1. The third-order valence-corrected chi connectivity index (χ3v) is 4.97. The van der Waals surface area contributed by atoms with E-state index < -0.39 is 30.0 Å². The van der Waals surface area contributed by atoms with Crippen molar-refractivity contribution < 1.29 is 18.3 Å². The number of nitrogens with zero attached hydrogens (tertiary/aromatic N) is 4. The number of hydrogen-bond donors (Lipinski definition) is 2. The van der Waals surface area contributed by atoms with Gasteiger partial charge < -0.3 is 10.4 Å². The third kappa shape index (κ3) is 2.59. The molecule has 1 aliphatic carbocycles. The van der Waals surface area contributed by atoms with Gasteiger partial charge in [-0.25, -0.2) is 4.98 Å². The average molecular weight is 363 g/mol. The number of hydrogen-bond acceptors (Lipinski definition) is 5. The molecule has 1 aromatic carbocycles. The van der Waals surface area contributed by atoms with Gasteiger partial charge in [0, 0.05) is 12.0 Å². The van der Waals surface area contributed by atoms with Crippen molar-refractivity contribution in [3.63, 3.8) is 0 Å². The van der Waals surface area contributed by atoms with Crippen LogP contribution in [-0.2, 0) is 5.41 Å². The van der Waals surface area contributed by atoms with Gasteiger partial charge in [0.25, 0.3) is 0 Å². The van der Waals surface area contributed by atoms with Gasteiger partial charge in [0.1, 0.15) is 12.1 Å². The van der Waals surface area contributed by atoms with E-state index in [1.54, 1.807) is 30.3 Å². The van der Waals surface area contributed by atoms with E-state index in [0.29, 0.717) is 11.5 Å². The van der Waals surface area contributed by atoms with Crippen molar-refractivity contribution in [2.75, 3.05) is 11.9 Å². The van der Waals surface area contributed by atoms with Gasteiger partial charge >= 0.3 is 6.18 Å². The first-order valence-electron chi connectivity index (χ1n) is 8.05. The molecule has 0 atom stereocenters. The molecule has 0 aliphatic heterocycles. The van der Waals surface area contributed by atoms with Crippen LogP contribution in [0.2, 0.25) is 0 Å². The number of anilines is 1. The Kier molecular flexibility index (Phi) is 3.65. The second-order valence-corrected chi connectivity index (χ2v) is 6.71. The molecule has 2 aromatic heterocycles. The lowest BCUT2D eigenvalue weighted by Crippen LogP contribution is -2.64. The molecule has 1 aliphatic rings. The lowest BCUT2D eigenvalue weighted by Gasteiger charge is -2.54. The Morgan fingerprint density at radius 3 is 2.58 bits per heavy atom. The summed E-state index contributed by atoms with van der Waals surface area (Å²) in [4.78, 5) is 8.09. The molecule has 1 fully saturated rings. The SMILES string of the molecule is OC1(C(F)(F)F)CC(CNc2cncc3ncnn23)(c2ccccc2)C1. The van der Waals surface area contributed by atoms with Gasteiger partial charge in [-0.2, -0.15) is 22.8 Å². The van der Waals surface area contributed by atoms with Crippen LogP contribution in [0.1, 0.15) is 18.4 Å². The first-order chi connectivity index (χ1) is 12.3. The van der Waals surface area contributed by atoms with Gasteiger partial charge in [0.2, 0.25) is 0 Å². The van der Waals surface area contributed by atoms with Crippen molar-refractivity contribution in [3.05, 3.63) is 54.6 Å². The molecule has 26 heavy (non-hydrogen) atoms. The highest BCUT2D eigenvalue weighted by atomic mass is 19.4. The van der Waals surface area contributed by atoms with Crippen LogP contribution in [0.15, 0.2) is 49.1 Å². The zero-order chi connectivity index (χ0) is 18.4. The van der Waals surface area contributed by atoms with Crippen LogP contribution < -0.4 is 5.32 Å². The van der Waals surface area contributed by atoms with E-state index in [1.165, 1.54) is 23.2 Å². The van der Waals surface area contributed by atoms with E-state index >= 15 is 0 Å². The summed E-state index contributed by atoms with van der Waals surface area (Å²) in [6.45, 7) is 0.204. The summed E-state index contributed by atoms with van der Waals surface area (Å²) in [6.07, 6.45) is -1.01. The topological polar surface area (TPSA) is 75.3 Å². The molecule has 0 amide bonds. The second kappa shape index (κ2) is 5.66. The summed E-state index contributed by atoms with van der Waals surface area (Å²) in [5, 5.41) is 17.2. The number of rotatable bonds is 4. The molecule has 3 aromatic rings. The molecule has 2 N–H and O–H groups in total. The minimum atomic E-state index is -4.65. The highest BCUT2D eigenvalue weighted by molar-refractivity contribution is 5.46. The van der Waals surface area contributed by atoms with E-state index in [1.807, 2.05) is 0 Å². The number of aromatic nitrogens is 4. The van der Waals surface area contributed by atoms with Crippen molar-refractivity contribution in [3.8, 4) is 0 Å². The van der Waals surface area contributed by atoms with Gasteiger partial charge in [0.05, 0.1) is 12.4 Å². The maximum absolute atomic E-state index is 13.2. The Hall–Kier alpha value is -2.68. The van der Waals surface area contributed by atoms with Crippen LogP contribution in [0, 0.1) is 0 Å². The largest absolute Gasteiger partial charge is 0.417 e. The summed E-state index contributed by atoms with van der Waals surface area (Å²) in [5.74, 6) is 0.526. The van der Waals surface area contributed by atoms with Crippen LogP contribution in [0.25, 0.3) is 5.65 Å². The van der Waals surface area contributed by atoms with E-state index in [2.05, 4.69) is 20.4 Å². The van der Waals surface area contributed by atoms with Crippen LogP contribution >= 0.6 is 0 Å². The fourth-order valence-corrected chi connectivity index (χ4v) is 3.62. The van der Waals surface area contributed by atoms with Gasteiger partial charge in [-0.1, -0.05) is 30.3 Å². The van der Waals surface area contributed by atoms with Crippen molar-refractivity contribution in [1.82, 2.24) is 19.6 Å². The standard InChI is InChI=1S/C17H16F3N5O/c18-17(19,20)16(26)8-15(9-16,12-4-2-1-3-5-12)10-22-13-6-21-7-14-23-11-24-25(13)14/h1-7,11,22,26H,8-10H2. The molecule has 0 bridgehead atoms. The second-order valence-electron chi connectivity index (χ2n) is 6.71. The Balaban J connectivity index is 1.62. The van der Waals surface area contributed by atoms with Crippen LogP contribution in [0.5, 0.6) is 0 Å². The Morgan fingerprint density at radius 2 is 1.88 bits per heavy atom. The number of halogens is 3. The normalized spacial score (nSPS) is 25.8. The number of fused-ring (bicyclic) bond motifs is 1. The Labute approximate surface area is 146 Å². The predicted octanol–water partition coefficient (Wildman–Crippen LogP) is 2.56. The molecule has 6 nitrogen and oxygen atoms in total. The summed E-state index contributed by atoms with van der Waals surface area (Å²) >= 11 is 0. The molecule has 2 heterocycles. The smallest absolute Gasteiger partial charge is 0.380 e. The van der Waals surface area contributed by atoms with Gasteiger partial charge in [-0.3, -0.25) is 4.98 Å². The Bertz CT molecular complexity index is 919. The quantitative estimate of drug-likeness (QED) is 0.745. The highest BCUT2D eigenvalue weighted by Gasteiger charge is 2.67. The fourth-order valence-electron chi connectivity index (χ4n) is 3.62. The molecule has 136 valence electrons.